The minimum atomic E-state index is -1.64. The molecule has 20 heavy (non-hydrogen) atoms. The number of halogens is 5. The molecule has 0 aliphatic carbocycles. The van der Waals surface area contributed by atoms with Gasteiger partial charge in [0.15, 0.2) is 23.2 Å². The van der Waals surface area contributed by atoms with Crippen LogP contribution < -0.4 is 0 Å². The number of carbonyl (C=O) groups excluding carboxylic acids is 1. The molecule has 6 heteroatoms. The molecule has 0 unspecified atom stereocenters. The summed E-state index contributed by atoms with van der Waals surface area (Å²) in [5, 5.41) is -0.0972. The van der Waals surface area contributed by atoms with Crippen molar-refractivity contribution in [1.29, 1.82) is 0 Å². The monoisotopic (exact) mass is 302 g/mol. The molecule has 0 radical (unpaired) electrons. The zero-order valence-corrected chi connectivity index (χ0v) is 10.6. The number of hydrogen-bond acceptors (Lipinski definition) is 1. The highest BCUT2D eigenvalue weighted by atomic mass is 35.5. The molecule has 0 N–H and O–H groups in total. The van der Waals surface area contributed by atoms with Gasteiger partial charge in [0.2, 0.25) is 0 Å². The highest BCUT2D eigenvalue weighted by molar-refractivity contribution is 6.30. The molecule has 2 aromatic carbocycles. The first-order chi connectivity index (χ1) is 9.38. The highest BCUT2D eigenvalue weighted by Crippen LogP contribution is 2.18. The van der Waals surface area contributed by atoms with Crippen molar-refractivity contribution in [2.75, 3.05) is 0 Å². The van der Waals surface area contributed by atoms with Crippen LogP contribution in [0.15, 0.2) is 30.3 Å². The van der Waals surface area contributed by atoms with Crippen molar-refractivity contribution in [2.24, 2.45) is 0 Å². The lowest BCUT2D eigenvalue weighted by molar-refractivity contribution is 0.0992. The Morgan fingerprint density at radius 1 is 0.950 bits per heavy atom. The van der Waals surface area contributed by atoms with Gasteiger partial charge in [0.05, 0.1) is 5.02 Å². The standard InChI is InChI=1S/C14H7ClF4O/c15-9-2-1-7(3-10(9)16)4-13(20)8-5-11(17)14(19)12(18)6-8/h1-3,5-6H,4H2. The summed E-state index contributed by atoms with van der Waals surface area (Å²) in [4.78, 5) is 11.8. The predicted octanol–water partition coefficient (Wildman–Crippen LogP) is 4.32. The van der Waals surface area contributed by atoms with E-state index >= 15 is 0 Å². The number of hydrogen-bond donors (Lipinski definition) is 0. The maximum absolute atomic E-state index is 13.2. The van der Waals surface area contributed by atoms with Crippen LogP contribution in [0, 0.1) is 23.3 Å². The molecule has 0 fully saturated rings. The summed E-state index contributed by atoms with van der Waals surface area (Å²) >= 11 is 5.49. The number of carbonyl (C=O) groups is 1. The van der Waals surface area contributed by atoms with Gasteiger partial charge in [0.25, 0.3) is 0 Å². The van der Waals surface area contributed by atoms with Crippen LogP contribution in [0.5, 0.6) is 0 Å². The van der Waals surface area contributed by atoms with Gasteiger partial charge in [-0.1, -0.05) is 17.7 Å². The molecule has 104 valence electrons. The van der Waals surface area contributed by atoms with Gasteiger partial charge < -0.3 is 0 Å². The zero-order valence-electron chi connectivity index (χ0n) is 9.89. The van der Waals surface area contributed by atoms with Crippen LogP contribution in [-0.4, -0.2) is 5.78 Å². The van der Waals surface area contributed by atoms with Gasteiger partial charge in [-0.25, -0.2) is 17.6 Å². The number of benzene rings is 2. The first-order valence-corrected chi connectivity index (χ1v) is 5.88. The van der Waals surface area contributed by atoms with Gasteiger partial charge in [-0.15, -0.1) is 0 Å². The van der Waals surface area contributed by atoms with Crippen LogP contribution in [0.2, 0.25) is 5.02 Å². The summed E-state index contributed by atoms with van der Waals surface area (Å²) < 4.78 is 52.0. The number of ketones is 1. The second kappa shape index (κ2) is 5.63. The normalized spacial score (nSPS) is 10.7. The van der Waals surface area contributed by atoms with Crippen molar-refractivity contribution in [2.45, 2.75) is 6.42 Å². The van der Waals surface area contributed by atoms with E-state index < -0.39 is 29.1 Å². The Hall–Kier alpha value is -1.88. The molecule has 1 nitrogen and oxygen atoms in total. The van der Waals surface area contributed by atoms with E-state index in [0.29, 0.717) is 17.7 Å². The van der Waals surface area contributed by atoms with Gasteiger partial charge >= 0.3 is 0 Å². The summed E-state index contributed by atoms with van der Waals surface area (Å²) in [6.07, 6.45) is -0.279. The van der Waals surface area contributed by atoms with Gasteiger partial charge in [-0.3, -0.25) is 4.79 Å². The molecule has 0 saturated carbocycles. The Kier molecular flexibility index (Phi) is 4.09. The Balaban J connectivity index is 2.26. The SMILES string of the molecule is O=C(Cc1ccc(Cl)c(F)c1)c1cc(F)c(F)c(F)c1. The smallest absolute Gasteiger partial charge is 0.194 e. The van der Waals surface area contributed by atoms with Crippen LogP contribution in [-0.2, 0) is 6.42 Å². The Labute approximate surface area is 116 Å². The summed E-state index contributed by atoms with van der Waals surface area (Å²) in [5.74, 6) is -5.90. The summed E-state index contributed by atoms with van der Waals surface area (Å²) in [6, 6.07) is 4.95. The van der Waals surface area contributed by atoms with Gasteiger partial charge in [-0.2, -0.15) is 0 Å². The highest BCUT2D eigenvalue weighted by Gasteiger charge is 2.15. The van der Waals surface area contributed by atoms with Crippen molar-refractivity contribution in [3.8, 4) is 0 Å². The molecule has 0 spiro atoms. The molecule has 0 aromatic heterocycles. The van der Waals surface area contributed by atoms with E-state index in [1.54, 1.807) is 0 Å². The van der Waals surface area contributed by atoms with E-state index in [1.807, 2.05) is 0 Å². The lowest BCUT2D eigenvalue weighted by Crippen LogP contribution is -2.06. The molecular weight excluding hydrogens is 296 g/mol. The van der Waals surface area contributed by atoms with E-state index in [1.165, 1.54) is 12.1 Å². The fourth-order valence-corrected chi connectivity index (χ4v) is 1.77. The molecule has 0 bridgehead atoms. The molecule has 0 heterocycles. The van der Waals surface area contributed by atoms with Crippen molar-refractivity contribution in [3.63, 3.8) is 0 Å². The zero-order chi connectivity index (χ0) is 14.9. The van der Waals surface area contributed by atoms with E-state index in [4.69, 9.17) is 11.6 Å². The van der Waals surface area contributed by atoms with Gasteiger partial charge in [-0.05, 0) is 29.8 Å². The fourth-order valence-electron chi connectivity index (χ4n) is 1.65. The topological polar surface area (TPSA) is 17.1 Å². The van der Waals surface area contributed by atoms with Crippen LogP contribution >= 0.6 is 11.6 Å². The van der Waals surface area contributed by atoms with Gasteiger partial charge in [0, 0.05) is 12.0 Å². The average molecular weight is 303 g/mol. The molecule has 0 aliphatic rings. The van der Waals surface area contributed by atoms with E-state index in [2.05, 4.69) is 0 Å². The number of rotatable bonds is 3. The predicted molar refractivity (Wildman–Crippen MR) is 65.8 cm³/mol. The summed E-state index contributed by atoms with van der Waals surface area (Å²) in [6.45, 7) is 0. The number of Topliss-reactive ketones (excluding diaryl/α,β-unsaturated/α-hetero) is 1. The minimum Gasteiger partial charge on any atom is -0.294 e. The Bertz CT molecular complexity index is 662. The van der Waals surface area contributed by atoms with E-state index in [0.717, 1.165) is 6.07 Å². The lowest BCUT2D eigenvalue weighted by Gasteiger charge is -2.04. The van der Waals surface area contributed by atoms with Crippen molar-refractivity contribution in [3.05, 3.63) is 69.8 Å². The maximum Gasteiger partial charge on any atom is 0.194 e. The first-order valence-electron chi connectivity index (χ1n) is 5.50. The van der Waals surface area contributed by atoms with Gasteiger partial charge in [0.1, 0.15) is 5.82 Å². The third-order valence-electron chi connectivity index (χ3n) is 2.65. The Morgan fingerprint density at radius 2 is 1.55 bits per heavy atom. The minimum absolute atomic E-state index is 0.0972. The van der Waals surface area contributed by atoms with E-state index in [-0.39, 0.29) is 17.0 Å². The van der Waals surface area contributed by atoms with Crippen LogP contribution in [0.1, 0.15) is 15.9 Å². The first kappa shape index (κ1) is 14.5. The summed E-state index contributed by atoms with van der Waals surface area (Å²) in [5.41, 5.74) is -0.0289. The summed E-state index contributed by atoms with van der Waals surface area (Å²) in [7, 11) is 0. The average Bonchev–Trinajstić information content (AvgIpc) is 2.39. The molecule has 0 atom stereocenters. The fraction of sp³-hybridized carbons (Fsp3) is 0.0714. The molecule has 0 aliphatic heterocycles. The third kappa shape index (κ3) is 2.99. The van der Waals surface area contributed by atoms with E-state index in [9.17, 15) is 22.4 Å². The van der Waals surface area contributed by atoms with Crippen molar-refractivity contribution in [1.82, 2.24) is 0 Å². The maximum atomic E-state index is 13.2. The lowest BCUT2D eigenvalue weighted by atomic mass is 10.0. The van der Waals surface area contributed by atoms with Crippen LogP contribution in [0.3, 0.4) is 0 Å². The molecule has 2 aromatic rings. The second-order valence-corrected chi connectivity index (χ2v) is 4.51. The molecule has 2 rings (SSSR count). The molecule has 0 amide bonds. The van der Waals surface area contributed by atoms with Crippen molar-refractivity contribution >= 4 is 17.4 Å². The van der Waals surface area contributed by atoms with Crippen LogP contribution in [0.4, 0.5) is 17.6 Å². The Morgan fingerprint density at radius 3 is 2.10 bits per heavy atom. The second-order valence-electron chi connectivity index (χ2n) is 4.10. The largest absolute Gasteiger partial charge is 0.294 e. The quantitative estimate of drug-likeness (QED) is 0.469. The molecule has 0 saturated heterocycles. The van der Waals surface area contributed by atoms with Crippen molar-refractivity contribution < 1.29 is 22.4 Å². The third-order valence-corrected chi connectivity index (χ3v) is 2.96. The van der Waals surface area contributed by atoms with Crippen LogP contribution in [0.25, 0.3) is 0 Å². The molecular formula is C14H7ClF4O.